The molecule has 1 aromatic carbocycles. The zero-order valence-corrected chi connectivity index (χ0v) is 13.6. The molecule has 4 nitrogen and oxygen atoms in total. The lowest BCUT2D eigenvalue weighted by molar-refractivity contribution is 0.170. The predicted molar refractivity (Wildman–Crippen MR) is 85.9 cm³/mol. The average molecular weight is 292 g/mol. The zero-order chi connectivity index (χ0) is 15.4. The molecule has 0 saturated heterocycles. The summed E-state index contributed by atoms with van der Waals surface area (Å²) < 4.78 is 11.2. The van der Waals surface area contributed by atoms with Gasteiger partial charge in [0.05, 0.1) is 0 Å². The molecule has 0 bridgehead atoms. The fraction of sp³-hybridized carbons (Fsp3) is 0.647. The summed E-state index contributed by atoms with van der Waals surface area (Å²) in [5.74, 6) is 2.24. The Hall–Kier alpha value is -1.26. The van der Waals surface area contributed by atoms with E-state index in [-0.39, 0.29) is 6.04 Å². The van der Waals surface area contributed by atoms with E-state index in [1.165, 1.54) is 5.56 Å². The second kappa shape index (κ2) is 7.14. The van der Waals surface area contributed by atoms with Crippen LogP contribution in [-0.4, -0.2) is 37.7 Å². The molecule has 2 N–H and O–H groups in total. The van der Waals surface area contributed by atoms with E-state index < -0.39 is 0 Å². The number of hydrogen-bond donors (Lipinski definition) is 1. The Morgan fingerprint density at radius 1 is 1.14 bits per heavy atom. The van der Waals surface area contributed by atoms with E-state index in [9.17, 15) is 0 Å². The summed E-state index contributed by atoms with van der Waals surface area (Å²) in [4.78, 5) is 2.34. The molecular weight excluding hydrogens is 264 g/mol. The summed E-state index contributed by atoms with van der Waals surface area (Å²) in [6.45, 7) is 8.82. The molecular formula is C17H28N2O2. The predicted octanol–water partition coefficient (Wildman–Crippen LogP) is 2.82. The largest absolute Gasteiger partial charge is 0.486 e. The molecule has 1 aliphatic rings. The van der Waals surface area contributed by atoms with Gasteiger partial charge in [-0.3, -0.25) is 4.90 Å². The number of ether oxygens (including phenoxy) is 2. The molecule has 0 fully saturated rings. The number of rotatable bonds is 6. The van der Waals surface area contributed by atoms with Crippen LogP contribution in [0, 0.1) is 5.92 Å². The summed E-state index contributed by atoms with van der Waals surface area (Å²) in [6.07, 6.45) is 1.02. The Labute approximate surface area is 128 Å². The Kier molecular flexibility index (Phi) is 5.48. The van der Waals surface area contributed by atoms with E-state index in [2.05, 4.69) is 44.9 Å². The van der Waals surface area contributed by atoms with E-state index in [1.54, 1.807) is 0 Å². The van der Waals surface area contributed by atoms with Crippen molar-refractivity contribution in [3.8, 4) is 11.5 Å². The lowest BCUT2D eigenvalue weighted by atomic mass is 10.0. The van der Waals surface area contributed by atoms with Crippen LogP contribution in [0.15, 0.2) is 18.2 Å². The molecule has 21 heavy (non-hydrogen) atoms. The van der Waals surface area contributed by atoms with E-state index in [1.807, 2.05) is 6.07 Å². The van der Waals surface area contributed by atoms with E-state index in [0.29, 0.717) is 25.2 Å². The fourth-order valence-corrected chi connectivity index (χ4v) is 2.45. The highest BCUT2D eigenvalue weighted by molar-refractivity contribution is 5.44. The smallest absolute Gasteiger partial charge is 0.161 e. The van der Waals surface area contributed by atoms with E-state index in [4.69, 9.17) is 15.2 Å². The summed E-state index contributed by atoms with van der Waals surface area (Å²) >= 11 is 0. The van der Waals surface area contributed by atoms with Crippen molar-refractivity contribution in [2.24, 2.45) is 11.7 Å². The van der Waals surface area contributed by atoms with Crippen LogP contribution in [0.1, 0.15) is 38.8 Å². The van der Waals surface area contributed by atoms with Gasteiger partial charge in [-0.15, -0.1) is 0 Å². The van der Waals surface area contributed by atoms with Crippen LogP contribution in [0.2, 0.25) is 0 Å². The first-order valence-electron chi connectivity index (χ1n) is 7.84. The summed E-state index contributed by atoms with van der Waals surface area (Å²) in [5, 5.41) is 0. The summed E-state index contributed by atoms with van der Waals surface area (Å²) in [7, 11) is 2.15. The molecule has 2 atom stereocenters. The van der Waals surface area contributed by atoms with Crippen molar-refractivity contribution in [3.05, 3.63) is 23.8 Å². The molecule has 1 heterocycles. The first-order valence-corrected chi connectivity index (χ1v) is 7.84. The number of benzene rings is 1. The van der Waals surface area contributed by atoms with Crippen LogP contribution in [-0.2, 0) is 0 Å². The minimum absolute atomic E-state index is 0.264. The molecule has 4 heteroatoms. The maximum Gasteiger partial charge on any atom is 0.161 e. The van der Waals surface area contributed by atoms with Gasteiger partial charge < -0.3 is 15.2 Å². The molecule has 1 aromatic rings. The molecule has 1 aliphatic heterocycles. The minimum Gasteiger partial charge on any atom is -0.486 e. The van der Waals surface area contributed by atoms with Crippen molar-refractivity contribution >= 4 is 0 Å². The second-order valence-corrected chi connectivity index (χ2v) is 6.26. The van der Waals surface area contributed by atoms with Crippen LogP contribution < -0.4 is 15.2 Å². The van der Waals surface area contributed by atoms with Gasteiger partial charge in [-0.05, 0) is 50.6 Å². The average Bonchev–Trinajstić information content (AvgIpc) is 2.50. The van der Waals surface area contributed by atoms with Crippen molar-refractivity contribution in [2.45, 2.75) is 39.3 Å². The van der Waals surface area contributed by atoms with Crippen molar-refractivity contribution < 1.29 is 9.47 Å². The molecule has 0 aliphatic carbocycles. The first kappa shape index (κ1) is 16.1. The van der Waals surface area contributed by atoms with Crippen molar-refractivity contribution in [2.75, 3.05) is 26.8 Å². The summed E-state index contributed by atoms with van der Waals surface area (Å²) in [6, 6.07) is 6.82. The lowest BCUT2D eigenvalue weighted by Gasteiger charge is -2.28. The Bertz CT molecular complexity index is 462. The highest BCUT2D eigenvalue weighted by Crippen LogP contribution is 2.33. The third-order valence-electron chi connectivity index (χ3n) is 4.38. The fourth-order valence-electron chi connectivity index (χ4n) is 2.45. The van der Waals surface area contributed by atoms with Crippen LogP contribution in [0.25, 0.3) is 0 Å². The Balaban J connectivity index is 1.97. The van der Waals surface area contributed by atoms with E-state index >= 15 is 0 Å². The van der Waals surface area contributed by atoms with Gasteiger partial charge in [0, 0.05) is 12.1 Å². The summed E-state index contributed by atoms with van der Waals surface area (Å²) in [5.41, 5.74) is 7.38. The SMILES string of the molecule is CC(C)C(N)CCN(C)C(C)c1ccc2c(c1)OCCO2. The highest BCUT2D eigenvalue weighted by Gasteiger charge is 2.18. The lowest BCUT2D eigenvalue weighted by Crippen LogP contribution is -2.33. The van der Waals surface area contributed by atoms with Crippen molar-refractivity contribution in [1.29, 1.82) is 0 Å². The normalized spacial score (nSPS) is 17.1. The van der Waals surface area contributed by atoms with Crippen LogP contribution >= 0.6 is 0 Å². The monoisotopic (exact) mass is 292 g/mol. The van der Waals surface area contributed by atoms with Gasteiger partial charge in [0.1, 0.15) is 13.2 Å². The third kappa shape index (κ3) is 4.11. The standard InChI is InChI=1S/C17H28N2O2/c1-12(2)15(18)7-8-19(4)13(3)14-5-6-16-17(11-14)21-10-9-20-16/h5-6,11-13,15H,7-10,18H2,1-4H3. The number of nitrogens with zero attached hydrogens (tertiary/aromatic N) is 1. The van der Waals surface area contributed by atoms with Gasteiger partial charge in [0.15, 0.2) is 11.5 Å². The minimum atomic E-state index is 0.264. The van der Waals surface area contributed by atoms with E-state index in [0.717, 1.165) is 24.5 Å². The van der Waals surface area contributed by atoms with Gasteiger partial charge in [-0.1, -0.05) is 19.9 Å². The van der Waals surface area contributed by atoms with Crippen molar-refractivity contribution in [1.82, 2.24) is 4.90 Å². The van der Waals surface area contributed by atoms with Gasteiger partial charge in [-0.2, -0.15) is 0 Å². The van der Waals surface area contributed by atoms with Gasteiger partial charge >= 0.3 is 0 Å². The third-order valence-corrected chi connectivity index (χ3v) is 4.38. The van der Waals surface area contributed by atoms with Crippen molar-refractivity contribution in [3.63, 3.8) is 0 Å². The zero-order valence-electron chi connectivity index (χ0n) is 13.6. The molecule has 0 aromatic heterocycles. The molecule has 0 saturated carbocycles. The molecule has 118 valence electrons. The Morgan fingerprint density at radius 3 is 2.48 bits per heavy atom. The van der Waals surface area contributed by atoms with Gasteiger partial charge in [0.2, 0.25) is 0 Å². The van der Waals surface area contributed by atoms with Gasteiger partial charge in [-0.25, -0.2) is 0 Å². The second-order valence-electron chi connectivity index (χ2n) is 6.26. The highest BCUT2D eigenvalue weighted by atomic mass is 16.6. The van der Waals surface area contributed by atoms with Crippen LogP contribution in [0.3, 0.4) is 0 Å². The molecule has 0 spiro atoms. The molecule has 0 radical (unpaired) electrons. The molecule has 0 amide bonds. The first-order chi connectivity index (χ1) is 9.99. The maximum absolute atomic E-state index is 6.13. The quantitative estimate of drug-likeness (QED) is 0.876. The number of nitrogens with two attached hydrogens (primary N) is 1. The van der Waals surface area contributed by atoms with Crippen LogP contribution in [0.4, 0.5) is 0 Å². The number of fused-ring (bicyclic) bond motifs is 1. The Morgan fingerprint density at radius 2 is 1.81 bits per heavy atom. The van der Waals surface area contributed by atoms with Gasteiger partial charge in [0.25, 0.3) is 0 Å². The topological polar surface area (TPSA) is 47.7 Å². The molecule has 2 unspecified atom stereocenters. The van der Waals surface area contributed by atoms with Crippen LogP contribution in [0.5, 0.6) is 11.5 Å². The maximum atomic E-state index is 6.13. The number of hydrogen-bond acceptors (Lipinski definition) is 4. The molecule has 2 rings (SSSR count).